The van der Waals surface area contributed by atoms with Crippen molar-refractivity contribution in [3.63, 3.8) is 0 Å². The monoisotopic (exact) mass is 297 g/mol. The van der Waals surface area contributed by atoms with E-state index in [4.69, 9.17) is 16.3 Å². The molecule has 6 heteroatoms. The predicted molar refractivity (Wildman–Crippen MR) is 78.0 cm³/mol. The van der Waals surface area contributed by atoms with Crippen LogP contribution in [-0.2, 0) is 4.74 Å². The fraction of sp³-hybridized carbons (Fsp3) is 0.571. The summed E-state index contributed by atoms with van der Waals surface area (Å²) in [5.41, 5.74) is 0.367. The number of pyridine rings is 1. The standard InChI is InChI=1S/C14H20ClN3O2/c1-20-8-7-18-6-5-11(10-18)9-16-14(19)12-3-2-4-13(15)17-12/h2-4,11H,5-10H2,1H3,(H,16,19)/t11-/m0/s1. The first-order valence-electron chi connectivity index (χ1n) is 6.81. The summed E-state index contributed by atoms with van der Waals surface area (Å²) in [5, 5.41) is 3.26. The largest absolute Gasteiger partial charge is 0.383 e. The van der Waals surface area contributed by atoms with Gasteiger partial charge in [-0.05, 0) is 31.0 Å². The van der Waals surface area contributed by atoms with E-state index < -0.39 is 0 Å². The molecule has 5 nitrogen and oxygen atoms in total. The van der Waals surface area contributed by atoms with Gasteiger partial charge in [0.1, 0.15) is 10.8 Å². The molecule has 2 heterocycles. The smallest absolute Gasteiger partial charge is 0.269 e. The third-order valence-corrected chi connectivity index (χ3v) is 3.69. The van der Waals surface area contributed by atoms with Crippen molar-refractivity contribution in [3.05, 3.63) is 29.0 Å². The molecule has 0 unspecified atom stereocenters. The van der Waals surface area contributed by atoms with Gasteiger partial charge in [0.05, 0.1) is 6.61 Å². The Morgan fingerprint density at radius 2 is 2.45 bits per heavy atom. The van der Waals surface area contributed by atoms with Crippen molar-refractivity contribution >= 4 is 17.5 Å². The minimum atomic E-state index is -0.164. The molecule has 0 aromatic carbocycles. The molecule has 1 fully saturated rings. The molecule has 1 amide bonds. The van der Waals surface area contributed by atoms with Crippen molar-refractivity contribution in [3.8, 4) is 0 Å². The van der Waals surface area contributed by atoms with Gasteiger partial charge in [0, 0.05) is 26.7 Å². The Morgan fingerprint density at radius 3 is 3.20 bits per heavy atom. The number of halogens is 1. The lowest BCUT2D eigenvalue weighted by atomic mass is 10.1. The number of carbonyl (C=O) groups excluding carboxylic acids is 1. The summed E-state index contributed by atoms with van der Waals surface area (Å²) in [5.74, 6) is 0.331. The molecule has 0 spiro atoms. The van der Waals surface area contributed by atoms with E-state index in [1.54, 1.807) is 25.3 Å². The topological polar surface area (TPSA) is 54.5 Å². The number of nitrogens with one attached hydrogen (secondary N) is 1. The number of nitrogens with zero attached hydrogens (tertiary/aromatic N) is 2. The van der Waals surface area contributed by atoms with Crippen LogP contribution in [0.3, 0.4) is 0 Å². The summed E-state index contributed by atoms with van der Waals surface area (Å²) in [4.78, 5) is 18.3. The molecule has 1 aliphatic heterocycles. The van der Waals surface area contributed by atoms with Crippen LogP contribution in [0.4, 0.5) is 0 Å². The number of amides is 1. The van der Waals surface area contributed by atoms with Gasteiger partial charge in [-0.1, -0.05) is 17.7 Å². The number of likely N-dealkylation sites (tertiary alicyclic amines) is 1. The third kappa shape index (κ3) is 4.44. The van der Waals surface area contributed by atoms with E-state index in [0.717, 1.165) is 32.7 Å². The second kappa shape index (κ2) is 7.57. The maximum Gasteiger partial charge on any atom is 0.269 e. The molecular formula is C14H20ClN3O2. The molecule has 2 rings (SSSR count). The highest BCUT2D eigenvalue weighted by atomic mass is 35.5. The Balaban J connectivity index is 1.74. The zero-order valence-electron chi connectivity index (χ0n) is 11.6. The highest BCUT2D eigenvalue weighted by Gasteiger charge is 2.22. The molecule has 1 saturated heterocycles. The van der Waals surface area contributed by atoms with E-state index in [0.29, 0.717) is 23.3 Å². The number of rotatable bonds is 6. The minimum absolute atomic E-state index is 0.164. The van der Waals surface area contributed by atoms with Gasteiger partial charge < -0.3 is 15.0 Å². The second-order valence-corrected chi connectivity index (χ2v) is 5.39. The lowest BCUT2D eigenvalue weighted by Crippen LogP contribution is -2.32. The molecule has 0 bridgehead atoms. The maximum absolute atomic E-state index is 11.9. The molecule has 0 aliphatic carbocycles. The van der Waals surface area contributed by atoms with Gasteiger partial charge in [-0.25, -0.2) is 4.98 Å². The number of methoxy groups -OCH3 is 1. The summed E-state index contributed by atoms with van der Waals surface area (Å²) < 4.78 is 5.07. The van der Waals surface area contributed by atoms with E-state index in [1.165, 1.54) is 0 Å². The van der Waals surface area contributed by atoms with Gasteiger partial charge in [-0.3, -0.25) is 4.79 Å². The van der Waals surface area contributed by atoms with Crippen LogP contribution in [0.2, 0.25) is 5.15 Å². The van der Waals surface area contributed by atoms with Gasteiger partial charge in [0.25, 0.3) is 5.91 Å². The summed E-state index contributed by atoms with van der Waals surface area (Å²) in [6.45, 7) is 4.46. The molecule has 110 valence electrons. The van der Waals surface area contributed by atoms with Crippen molar-refractivity contribution in [1.82, 2.24) is 15.2 Å². The Morgan fingerprint density at radius 1 is 1.60 bits per heavy atom. The quantitative estimate of drug-likeness (QED) is 0.807. The lowest BCUT2D eigenvalue weighted by molar-refractivity contribution is 0.0941. The first-order chi connectivity index (χ1) is 9.69. The zero-order valence-corrected chi connectivity index (χ0v) is 12.4. The van der Waals surface area contributed by atoms with Gasteiger partial charge >= 0.3 is 0 Å². The molecule has 1 atom stereocenters. The van der Waals surface area contributed by atoms with Crippen LogP contribution in [0.25, 0.3) is 0 Å². The van der Waals surface area contributed by atoms with Crippen LogP contribution in [0.1, 0.15) is 16.9 Å². The Kier molecular flexibility index (Phi) is 5.76. The number of hydrogen-bond donors (Lipinski definition) is 1. The fourth-order valence-corrected chi connectivity index (χ4v) is 2.53. The van der Waals surface area contributed by atoms with Crippen molar-refractivity contribution in [2.45, 2.75) is 6.42 Å². The summed E-state index contributed by atoms with van der Waals surface area (Å²) in [6, 6.07) is 5.05. The Hall–Kier alpha value is -1.17. The SMILES string of the molecule is COCCN1CC[C@@H](CNC(=O)c2cccc(Cl)n2)C1. The number of aromatic nitrogens is 1. The minimum Gasteiger partial charge on any atom is -0.383 e. The normalized spacial score (nSPS) is 19.2. The second-order valence-electron chi connectivity index (χ2n) is 5.00. The maximum atomic E-state index is 11.9. The first-order valence-corrected chi connectivity index (χ1v) is 7.19. The van der Waals surface area contributed by atoms with E-state index in [-0.39, 0.29) is 5.91 Å². The molecule has 20 heavy (non-hydrogen) atoms. The highest BCUT2D eigenvalue weighted by Crippen LogP contribution is 2.15. The third-order valence-electron chi connectivity index (χ3n) is 3.48. The summed E-state index contributed by atoms with van der Waals surface area (Å²) in [6.07, 6.45) is 1.10. The van der Waals surface area contributed by atoms with E-state index >= 15 is 0 Å². The van der Waals surface area contributed by atoms with Crippen molar-refractivity contribution in [2.24, 2.45) is 5.92 Å². The molecule has 1 aliphatic rings. The van der Waals surface area contributed by atoms with Crippen LogP contribution in [0.5, 0.6) is 0 Å². The molecule has 1 aromatic rings. The van der Waals surface area contributed by atoms with Crippen LogP contribution < -0.4 is 5.32 Å². The highest BCUT2D eigenvalue weighted by molar-refractivity contribution is 6.29. The molecular weight excluding hydrogens is 278 g/mol. The van der Waals surface area contributed by atoms with Gasteiger partial charge in [0.2, 0.25) is 0 Å². The van der Waals surface area contributed by atoms with Crippen molar-refractivity contribution < 1.29 is 9.53 Å². The van der Waals surface area contributed by atoms with Crippen LogP contribution in [0, 0.1) is 5.92 Å². The van der Waals surface area contributed by atoms with E-state index in [9.17, 15) is 4.79 Å². The summed E-state index contributed by atoms with van der Waals surface area (Å²) >= 11 is 5.77. The van der Waals surface area contributed by atoms with Crippen molar-refractivity contribution in [1.29, 1.82) is 0 Å². The average Bonchev–Trinajstić information content (AvgIpc) is 2.90. The van der Waals surface area contributed by atoms with Crippen LogP contribution in [-0.4, -0.2) is 55.7 Å². The van der Waals surface area contributed by atoms with E-state index in [2.05, 4.69) is 15.2 Å². The Bertz CT molecular complexity index is 456. The fourth-order valence-electron chi connectivity index (χ4n) is 2.37. The van der Waals surface area contributed by atoms with Gasteiger partial charge in [-0.2, -0.15) is 0 Å². The molecule has 1 aromatic heterocycles. The van der Waals surface area contributed by atoms with Gasteiger partial charge in [-0.15, -0.1) is 0 Å². The molecule has 0 radical (unpaired) electrons. The first kappa shape index (κ1) is 15.2. The van der Waals surface area contributed by atoms with Crippen LogP contribution >= 0.6 is 11.6 Å². The summed E-state index contributed by atoms with van der Waals surface area (Å²) in [7, 11) is 1.71. The van der Waals surface area contributed by atoms with Crippen LogP contribution in [0.15, 0.2) is 18.2 Å². The lowest BCUT2D eigenvalue weighted by Gasteiger charge is -2.15. The van der Waals surface area contributed by atoms with Gasteiger partial charge in [0.15, 0.2) is 0 Å². The number of ether oxygens (including phenoxy) is 1. The predicted octanol–water partition coefficient (Wildman–Crippen LogP) is 1.43. The number of hydrogen-bond acceptors (Lipinski definition) is 4. The Labute approximate surface area is 124 Å². The molecule has 0 saturated carbocycles. The average molecular weight is 298 g/mol. The van der Waals surface area contributed by atoms with E-state index in [1.807, 2.05) is 0 Å². The number of carbonyl (C=O) groups is 1. The van der Waals surface area contributed by atoms with Crippen molar-refractivity contribution in [2.75, 3.05) is 39.9 Å². The molecule has 1 N–H and O–H groups in total. The zero-order chi connectivity index (χ0) is 14.4.